The third-order valence-electron chi connectivity index (χ3n) is 3.46. The number of benzene rings is 2. The molecule has 2 rings (SSSR count). The fourth-order valence-electron chi connectivity index (χ4n) is 2.19. The van der Waals surface area contributed by atoms with E-state index in [1.165, 1.54) is 0 Å². The van der Waals surface area contributed by atoms with Gasteiger partial charge in [-0.2, -0.15) is 0 Å². The van der Waals surface area contributed by atoms with Gasteiger partial charge in [-0.3, -0.25) is 4.79 Å². The molecule has 0 aromatic heterocycles. The van der Waals surface area contributed by atoms with Gasteiger partial charge in [-0.05, 0) is 61.9 Å². The number of amides is 1. The number of hydrogen-bond donors (Lipinski definition) is 2. The molecule has 0 fully saturated rings. The Bertz CT molecular complexity index is 712. The SMILES string of the molecule is CCCOC(=O)c1ccc(NCC(=O)Nc2ccc(OCC)cc2)cc1. The number of anilines is 2. The second-order valence-electron chi connectivity index (χ2n) is 5.57. The van der Waals surface area contributed by atoms with Crippen LogP contribution < -0.4 is 15.4 Å². The first-order valence-corrected chi connectivity index (χ1v) is 8.66. The van der Waals surface area contributed by atoms with Gasteiger partial charge in [0.05, 0.1) is 25.3 Å². The maximum absolute atomic E-state index is 12.0. The molecule has 0 aliphatic rings. The molecule has 0 heterocycles. The van der Waals surface area contributed by atoms with Crippen molar-refractivity contribution in [3.63, 3.8) is 0 Å². The molecule has 138 valence electrons. The van der Waals surface area contributed by atoms with Crippen LogP contribution in [0.25, 0.3) is 0 Å². The summed E-state index contributed by atoms with van der Waals surface area (Å²) in [6.07, 6.45) is 0.787. The van der Waals surface area contributed by atoms with Crippen LogP contribution in [0.1, 0.15) is 30.6 Å². The van der Waals surface area contributed by atoms with Crippen LogP contribution in [-0.4, -0.2) is 31.6 Å². The molecule has 2 N–H and O–H groups in total. The third-order valence-corrected chi connectivity index (χ3v) is 3.46. The van der Waals surface area contributed by atoms with Crippen LogP contribution in [0.5, 0.6) is 5.75 Å². The number of rotatable bonds is 9. The van der Waals surface area contributed by atoms with Crippen LogP contribution in [0.3, 0.4) is 0 Å². The summed E-state index contributed by atoms with van der Waals surface area (Å²) < 4.78 is 10.4. The van der Waals surface area contributed by atoms with Crippen molar-refractivity contribution in [3.05, 3.63) is 54.1 Å². The minimum Gasteiger partial charge on any atom is -0.494 e. The van der Waals surface area contributed by atoms with Crippen molar-refractivity contribution in [1.29, 1.82) is 0 Å². The summed E-state index contributed by atoms with van der Waals surface area (Å²) >= 11 is 0. The van der Waals surface area contributed by atoms with E-state index in [4.69, 9.17) is 9.47 Å². The van der Waals surface area contributed by atoms with Gasteiger partial charge >= 0.3 is 5.97 Å². The fraction of sp³-hybridized carbons (Fsp3) is 0.300. The van der Waals surface area contributed by atoms with E-state index in [-0.39, 0.29) is 18.4 Å². The zero-order valence-corrected chi connectivity index (χ0v) is 15.1. The molecule has 0 saturated heterocycles. The molecule has 6 heteroatoms. The van der Waals surface area contributed by atoms with Crippen LogP contribution >= 0.6 is 0 Å². The van der Waals surface area contributed by atoms with Crippen LogP contribution in [0, 0.1) is 0 Å². The molecular formula is C20H24N2O4. The maximum Gasteiger partial charge on any atom is 0.338 e. The van der Waals surface area contributed by atoms with Crippen molar-refractivity contribution in [1.82, 2.24) is 0 Å². The summed E-state index contributed by atoms with van der Waals surface area (Å²) in [4.78, 5) is 23.7. The molecule has 0 radical (unpaired) electrons. The molecular weight excluding hydrogens is 332 g/mol. The van der Waals surface area contributed by atoms with Gasteiger partial charge in [0.1, 0.15) is 5.75 Å². The number of esters is 1. The van der Waals surface area contributed by atoms with E-state index in [0.29, 0.717) is 24.5 Å². The Morgan fingerprint density at radius 3 is 2.19 bits per heavy atom. The molecule has 26 heavy (non-hydrogen) atoms. The van der Waals surface area contributed by atoms with E-state index in [9.17, 15) is 9.59 Å². The zero-order chi connectivity index (χ0) is 18.8. The quantitative estimate of drug-likeness (QED) is 0.670. The molecule has 6 nitrogen and oxygen atoms in total. The molecule has 0 unspecified atom stereocenters. The van der Waals surface area contributed by atoms with Crippen LogP contribution in [0.4, 0.5) is 11.4 Å². The lowest BCUT2D eigenvalue weighted by molar-refractivity contribution is -0.114. The van der Waals surface area contributed by atoms with Gasteiger partial charge in [-0.15, -0.1) is 0 Å². The van der Waals surface area contributed by atoms with Crippen molar-refractivity contribution >= 4 is 23.3 Å². The Labute approximate surface area is 153 Å². The number of nitrogens with one attached hydrogen (secondary N) is 2. The first-order valence-electron chi connectivity index (χ1n) is 8.66. The van der Waals surface area contributed by atoms with Crippen LogP contribution in [0.2, 0.25) is 0 Å². The highest BCUT2D eigenvalue weighted by molar-refractivity contribution is 5.94. The Kier molecular flexibility index (Phi) is 7.49. The van der Waals surface area contributed by atoms with Gasteiger partial charge in [0.15, 0.2) is 0 Å². The van der Waals surface area contributed by atoms with Gasteiger partial charge in [-0.25, -0.2) is 4.79 Å². The van der Waals surface area contributed by atoms with Gasteiger partial charge in [0.25, 0.3) is 0 Å². The summed E-state index contributed by atoms with van der Waals surface area (Å²) in [5, 5.41) is 5.82. The normalized spacial score (nSPS) is 10.1. The Balaban J connectivity index is 1.80. The molecule has 0 atom stereocenters. The molecule has 0 aliphatic carbocycles. The predicted octanol–water partition coefficient (Wildman–Crippen LogP) is 3.70. The van der Waals surface area contributed by atoms with Crippen molar-refractivity contribution in [2.45, 2.75) is 20.3 Å². The van der Waals surface area contributed by atoms with Crippen LogP contribution in [-0.2, 0) is 9.53 Å². The molecule has 0 aliphatic heterocycles. The minimum atomic E-state index is -0.341. The fourth-order valence-corrected chi connectivity index (χ4v) is 2.19. The van der Waals surface area contributed by atoms with Crippen molar-refractivity contribution in [3.8, 4) is 5.75 Å². The van der Waals surface area contributed by atoms with Crippen molar-refractivity contribution in [2.75, 3.05) is 30.4 Å². The third kappa shape index (κ3) is 6.12. The minimum absolute atomic E-state index is 0.118. The highest BCUT2D eigenvalue weighted by Gasteiger charge is 2.07. The van der Waals surface area contributed by atoms with E-state index in [2.05, 4.69) is 10.6 Å². The molecule has 2 aromatic carbocycles. The van der Waals surface area contributed by atoms with Gasteiger partial charge in [0.2, 0.25) is 5.91 Å². The van der Waals surface area contributed by atoms with Gasteiger partial charge in [-0.1, -0.05) is 6.92 Å². The topological polar surface area (TPSA) is 76.7 Å². The van der Waals surface area contributed by atoms with Crippen molar-refractivity contribution in [2.24, 2.45) is 0 Å². The van der Waals surface area contributed by atoms with Gasteiger partial charge < -0.3 is 20.1 Å². The Morgan fingerprint density at radius 1 is 0.923 bits per heavy atom. The second kappa shape index (κ2) is 10.1. The van der Waals surface area contributed by atoms with Gasteiger partial charge in [0, 0.05) is 11.4 Å². The Morgan fingerprint density at radius 2 is 1.58 bits per heavy atom. The highest BCUT2D eigenvalue weighted by Crippen LogP contribution is 2.15. The monoisotopic (exact) mass is 356 g/mol. The van der Waals surface area contributed by atoms with E-state index in [1.54, 1.807) is 36.4 Å². The first kappa shape index (κ1) is 19.3. The Hall–Kier alpha value is -3.02. The van der Waals surface area contributed by atoms with Crippen molar-refractivity contribution < 1.29 is 19.1 Å². The molecule has 0 saturated carbocycles. The lowest BCUT2D eigenvalue weighted by Gasteiger charge is -2.09. The number of carbonyl (C=O) groups is 2. The average Bonchev–Trinajstić information content (AvgIpc) is 2.66. The smallest absolute Gasteiger partial charge is 0.338 e. The summed E-state index contributed by atoms with van der Waals surface area (Å²) in [5.74, 6) is 0.258. The largest absolute Gasteiger partial charge is 0.494 e. The van der Waals surface area contributed by atoms with E-state index >= 15 is 0 Å². The molecule has 1 amide bonds. The molecule has 2 aromatic rings. The second-order valence-corrected chi connectivity index (χ2v) is 5.57. The summed E-state index contributed by atoms with van der Waals surface area (Å²) in [6, 6.07) is 14.0. The molecule has 0 bridgehead atoms. The first-order chi connectivity index (χ1) is 12.6. The number of carbonyl (C=O) groups excluding carboxylic acids is 2. The number of hydrogen-bond acceptors (Lipinski definition) is 5. The van der Waals surface area contributed by atoms with E-state index < -0.39 is 0 Å². The highest BCUT2D eigenvalue weighted by atomic mass is 16.5. The average molecular weight is 356 g/mol. The van der Waals surface area contributed by atoms with Crippen LogP contribution in [0.15, 0.2) is 48.5 Å². The standard InChI is InChI=1S/C20H24N2O4/c1-3-13-26-20(24)15-5-7-16(8-6-15)21-14-19(23)22-17-9-11-18(12-10-17)25-4-2/h5-12,21H,3-4,13-14H2,1-2H3,(H,22,23). The summed E-state index contributed by atoms with van der Waals surface area (Å²) in [5.41, 5.74) is 1.94. The molecule has 0 spiro atoms. The lowest BCUT2D eigenvalue weighted by Crippen LogP contribution is -2.21. The van der Waals surface area contributed by atoms with E-state index in [0.717, 1.165) is 17.9 Å². The predicted molar refractivity (Wildman–Crippen MR) is 102 cm³/mol. The zero-order valence-electron chi connectivity index (χ0n) is 15.1. The summed E-state index contributed by atoms with van der Waals surface area (Å²) in [6.45, 7) is 4.99. The lowest BCUT2D eigenvalue weighted by atomic mass is 10.2. The van der Waals surface area contributed by atoms with E-state index in [1.807, 2.05) is 26.0 Å². The maximum atomic E-state index is 12.0. The summed E-state index contributed by atoms with van der Waals surface area (Å²) in [7, 11) is 0. The number of ether oxygens (including phenoxy) is 2.